The molecule has 1 saturated carbocycles. The Kier molecular flexibility index (Phi) is 4.62. The summed E-state index contributed by atoms with van der Waals surface area (Å²) in [5, 5.41) is 12.0. The molecule has 2 rings (SSSR count). The van der Waals surface area contributed by atoms with E-state index in [2.05, 4.69) is 5.32 Å². The van der Waals surface area contributed by atoms with E-state index in [0.717, 1.165) is 18.4 Å². The number of carbonyl (C=O) groups is 2. The van der Waals surface area contributed by atoms with E-state index < -0.39 is 11.4 Å². The van der Waals surface area contributed by atoms with Gasteiger partial charge in [0.15, 0.2) is 0 Å². The zero-order chi connectivity index (χ0) is 15.3. The summed E-state index contributed by atoms with van der Waals surface area (Å²) >= 11 is 0. The van der Waals surface area contributed by atoms with Crippen molar-refractivity contribution < 1.29 is 14.7 Å². The van der Waals surface area contributed by atoms with Gasteiger partial charge in [-0.05, 0) is 36.6 Å². The van der Waals surface area contributed by atoms with Gasteiger partial charge in [-0.2, -0.15) is 0 Å². The molecular weight excluding hydrogens is 268 g/mol. The molecule has 0 bridgehead atoms. The molecule has 4 N–H and O–H groups in total. The highest BCUT2D eigenvalue weighted by molar-refractivity contribution is 5.92. The maximum Gasteiger partial charge on any atom is 0.311 e. The van der Waals surface area contributed by atoms with Gasteiger partial charge in [-0.3, -0.25) is 9.59 Å². The third kappa shape index (κ3) is 3.84. The maximum absolute atomic E-state index is 11.8. The molecular formula is C16H20N2O3. The van der Waals surface area contributed by atoms with Crippen LogP contribution in [0.4, 0.5) is 5.69 Å². The molecule has 0 atom stereocenters. The van der Waals surface area contributed by atoms with Crippen molar-refractivity contribution in [1.82, 2.24) is 5.32 Å². The molecule has 21 heavy (non-hydrogen) atoms. The van der Waals surface area contributed by atoms with Crippen LogP contribution in [0.2, 0.25) is 0 Å². The monoisotopic (exact) mass is 288 g/mol. The summed E-state index contributed by atoms with van der Waals surface area (Å²) in [6, 6.07) is 7.19. The molecule has 0 spiro atoms. The fourth-order valence-electron chi connectivity index (χ4n) is 2.67. The highest BCUT2D eigenvalue weighted by Gasteiger charge is 2.41. The van der Waals surface area contributed by atoms with Crippen LogP contribution in [0.1, 0.15) is 31.2 Å². The first-order chi connectivity index (χ1) is 10.0. The number of hydrogen-bond donors (Lipinski definition) is 3. The Morgan fingerprint density at radius 1 is 1.33 bits per heavy atom. The van der Waals surface area contributed by atoms with E-state index in [0.29, 0.717) is 18.5 Å². The molecule has 5 nitrogen and oxygen atoms in total. The number of rotatable bonds is 5. The first-order valence-corrected chi connectivity index (χ1v) is 7.07. The van der Waals surface area contributed by atoms with Crippen LogP contribution in [0.15, 0.2) is 30.3 Å². The lowest BCUT2D eigenvalue weighted by atomic mass is 9.86. The molecule has 0 aliphatic heterocycles. The normalized spacial score (nSPS) is 17.0. The third-order valence-electron chi connectivity index (χ3n) is 3.95. The Bertz CT molecular complexity index is 560. The lowest BCUT2D eigenvalue weighted by Gasteiger charge is -2.23. The van der Waals surface area contributed by atoms with Crippen LogP contribution in [-0.2, 0) is 9.59 Å². The Morgan fingerprint density at radius 2 is 2.05 bits per heavy atom. The number of carboxylic acid groups (broad SMARTS) is 1. The number of nitrogens with two attached hydrogens (primary N) is 1. The van der Waals surface area contributed by atoms with Crippen molar-refractivity contribution in [2.75, 3.05) is 12.3 Å². The average molecular weight is 288 g/mol. The average Bonchev–Trinajstić information content (AvgIpc) is 2.93. The van der Waals surface area contributed by atoms with E-state index in [9.17, 15) is 14.7 Å². The quantitative estimate of drug-likeness (QED) is 0.571. The predicted octanol–water partition coefficient (Wildman–Crippen LogP) is 2.04. The van der Waals surface area contributed by atoms with Gasteiger partial charge < -0.3 is 16.2 Å². The molecule has 0 unspecified atom stereocenters. The second-order valence-corrected chi connectivity index (χ2v) is 5.51. The molecule has 0 saturated heterocycles. The van der Waals surface area contributed by atoms with Gasteiger partial charge >= 0.3 is 5.97 Å². The van der Waals surface area contributed by atoms with Crippen LogP contribution in [0.25, 0.3) is 6.08 Å². The number of aliphatic carboxylic acids is 1. The van der Waals surface area contributed by atoms with Gasteiger partial charge in [0.25, 0.3) is 0 Å². The van der Waals surface area contributed by atoms with Gasteiger partial charge in [-0.1, -0.05) is 25.0 Å². The summed E-state index contributed by atoms with van der Waals surface area (Å²) in [7, 11) is 0. The highest BCUT2D eigenvalue weighted by atomic mass is 16.4. The largest absolute Gasteiger partial charge is 0.481 e. The third-order valence-corrected chi connectivity index (χ3v) is 3.95. The molecule has 1 amide bonds. The number of carbonyl (C=O) groups excluding carboxylic acids is 1. The van der Waals surface area contributed by atoms with E-state index in [4.69, 9.17) is 5.73 Å². The number of benzene rings is 1. The summed E-state index contributed by atoms with van der Waals surface area (Å²) in [6.45, 7) is 0.183. The van der Waals surface area contributed by atoms with Gasteiger partial charge in [0.1, 0.15) is 0 Å². The van der Waals surface area contributed by atoms with Crippen LogP contribution >= 0.6 is 0 Å². The number of hydrogen-bond acceptors (Lipinski definition) is 3. The molecule has 1 fully saturated rings. The summed E-state index contributed by atoms with van der Waals surface area (Å²) in [5.74, 6) is -1.11. The lowest BCUT2D eigenvalue weighted by molar-refractivity contribution is -0.148. The zero-order valence-corrected chi connectivity index (χ0v) is 11.8. The molecule has 1 aromatic carbocycles. The molecule has 1 aliphatic rings. The minimum absolute atomic E-state index is 0.183. The van der Waals surface area contributed by atoms with E-state index in [1.807, 2.05) is 12.1 Å². The molecule has 5 heteroatoms. The van der Waals surface area contributed by atoms with Crippen molar-refractivity contribution in [2.24, 2.45) is 5.41 Å². The number of nitrogens with one attached hydrogen (secondary N) is 1. The topological polar surface area (TPSA) is 92.4 Å². The second-order valence-electron chi connectivity index (χ2n) is 5.51. The van der Waals surface area contributed by atoms with Crippen LogP contribution < -0.4 is 11.1 Å². The summed E-state index contributed by atoms with van der Waals surface area (Å²) < 4.78 is 0. The Morgan fingerprint density at radius 3 is 2.67 bits per heavy atom. The van der Waals surface area contributed by atoms with E-state index in [-0.39, 0.29) is 12.5 Å². The Hall–Kier alpha value is -2.30. The summed E-state index contributed by atoms with van der Waals surface area (Å²) in [5.41, 5.74) is 6.33. The van der Waals surface area contributed by atoms with E-state index in [1.54, 1.807) is 18.2 Å². The smallest absolute Gasteiger partial charge is 0.311 e. The number of nitrogen functional groups attached to an aromatic ring is 1. The fourth-order valence-corrected chi connectivity index (χ4v) is 2.67. The maximum atomic E-state index is 11.8. The van der Waals surface area contributed by atoms with Crippen LogP contribution in [-0.4, -0.2) is 23.5 Å². The van der Waals surface area contributed by atoms with Gasteiger partial charge in [-0.15, -0.1) is 0 Å². The van der Waals surface area contributed by atoms with Crippen LogP contribution in [0.3, 0.4) is 0 Å². The Labute approximate surface area is 123 Å². The summed E-state index contributed by atoms with van der Waals surface area (Å²) in [4.78, 5) is 23.2. The zero-order valence-electron chi connectivity index (χ0n) is 11.8. The lowest BCUT2D eigenvalue weighted by Crippen LogP contribution is -2.40. The minimum Gasteiger partial charge on any atom is -0.481 e. The fraction of sp³-hybridized carbons (Fsp3) is 0.375. The minimum atomic E-state index is -0.819. The molecule has 0 radical (unpaired) electrons. The number of anilines is 1. The Balaban J connectivity index is 1.91. The van der Waals surface area contributed by atoms with Gasteiger partial charge in [-0.25, -0.2) is 0 Å². The van der Waals surface area contributed by atoms with Gasteiger partial charge in [0.05, 0.1) is 5.41 Å². The SMILES string of the molecule is Nc1cccc(/C=C/C(=O)NCC2(C(=O)O)CCCC2)c1. The molecule has 0 aromatic heterocycles. The second kappa shape index (κ2) is 6.43. The first-order valence-electron chi connectivity index (χ1n) is 7.07. The summed E-state index contributed by atoms with van der Waals surface area (Å²) in [6.07, 6.45) is 6.12. The standard InChI is InChI=1S/C16H20N2O3/c17-13-5-3-4-12(10-13)6-7-14(19)18-11-16(15(20)21)8-1-2-9-16/h3-7,10H,1-2,8-9,11,17H2,(H,18,19)(H,20,21)/b7-6+. The van der Waals surface area contributed by atoms with Gasteiger partial charge in [0, 0.05) is 18.3 Å². The van der Waals surface area contributed by atoms with Crippen molar-refractivity contribution in [3.8, 4) is 0 Å². The first kappa shape index (κ1) is 15.1. The van der Waals surface area contributed by atoms with Crippen molar-refractivity contribution in [2.45, 2.75) is 25.7 Å². The molecule has 0 heterocycles. The van der Waals surface area contributed by atoms with Crippen LogP contribution in [0.5, 0.6) is 0 Å². The van der Waals surface area contributed by atoms with Crippen molar-refractivity contribution in [3.63, 3.8) is 0 Å². The van der Waals surface area contributed by atoms with Crippen LogP contribution in [0, 0.1) is 5.41 Å². The molecule has 1 aromatic rings. The molecule has 1 aliphatic carbocycles. The molecule has 112 valence electrons. The van der Waals surface area contributed by atoms with E-state index >= 15 is 0 Å². The van der Waals surface area contributed by atoms with Crippen molar-refractivity contribution >= 4 is 23.6 Å². The van der Waals surface area contributed by atoms with Gasteiger partial charge in [0.2, 0.25) is 5.91 Å². The predicted molar refractivity (Wildman–Crippen MR) is 81.4 cm³/mol. The van der Waals surface area contributed by atoms with E-state index in [1.165, 1.54) is 6.08 Å². The van der Waals surface area contributed by atoms with Crippen molar-refractivity contribution in [3.05, 3.63) is 35.9 Å². The van der Waals surface area contributed by atoms with Crippen molar-refractivity contribution in [1.29, 1.82) is 0 Å². The number of amides is 1. The number of carboxylic acids is 1. The highest BCUT2D eigenvalue weighted by Crippen LogP contribution is 2.37.